The third-order valence-electron chi connectivity index (χ3n) is 3.91. The maximum atomic E-state index is 13.6. The van der Waals surface area contributed by atoms with Gasteiger partial charge in [-0.2, -0.15) is 0 Å². The van der Waals surface area contributed by atoms with Gasteiger partial charge in [0.1, 0.15) is 11.6 Å². The molecule has 21 heavy (non-hydrogen) atoms. The zero-order chi connectivity index (χ0) is 15.0. The number of fused-ring (bicyclic) bond motifs is 1. The monoisotopic (exact) mass is 285 g/mol. The van der Waals surface area contributed by atoms with Gasteiger partial charge in [-0.3, -0.25) is 4.79 Å². The van der Waals surface area contributed by atoms with Gasteiger partial charge in [0, 0.05) is 18.7 Å². The molecule has 1 aliphatic heterocycles. The summed E-state index contributed by atoms with van der Waals surface area (Å²) in [7, 11) is 0. The highest BCUT2D eigenvalue weighted by Crippen LogP contribution is 2.24. The lowest BCUT2D eigenvalue weighted by molar-refractivity contribution is 0.0734. The van der Waals surface area contributed by atoms with Crippen molar-refractivity contribution in [3.63, 3.8) is 0 Å². The highest BCUT2D eigenvalue weighted by Gasteiger charge is 2.22. The maximum Gasteiger partial charge on any atom is 0.254 e. The van der Waals surface area contributed by atoms with E-state index in [-0.39, 0.29) is 17.5 Å². The Kier molecular flexibility index (Phi) is 3.37. The van der Waals surface area contributed by atoms with Crippen LogP contribution >= 0.6 is 0 Å². The molecule has 2 aromatic carbocycles. The molecule has 0 fully saturated rings. The molecule has 1 heterocycles. The Balaban J connectivity index is 1.85. The molecular formula is C17H16FNO2. The minimum absolute atomic E-state index is 0.178. The first kappa shape index (κ1) is 13.6. The molecule has 0 bridgehead atoms. The third kappa shape index (κ3) is 2.61. The molecule has 1 aliphatic rings. The van der Waals surface area contributed by atoms with Crippen LogP contribution in [0.3, 0.4) is 0 Å². The number of hydrogen-bond acceptors (Lipinski definition) is 2. The smallest absolute Gasteiger partial charge is 0.254 e. The minimum atomic E-state index is -0.365. The number of aromatic hydroxyl groups is 1. The van der Waals surface area contributed by atoms with E-state index >= 15 is 0 Å². The van der Waals surface area contributed by atoms with Gasteiger partial charge in [-0.05, 0) is 54.3 Å². The summed E-state index contributed by atoms with van der Waals surface area (Å²) in [5.41, 5.74) is 2.98. The average Bonchev–Trinajstić information content (AvgIpc) is 2.48. The molecule has 0 aromatic heterocycles. The summed E-state index contributed by atoms with van der Waals surface area (Å²) in [6.07, 6.45) is 0.746. The van der Waals surface area contributed by atoms with Gasteiger partial charge in [-0.25, -0.2) is 4.39 Å². The number of phenolic OH excluding ortho intramolecular Hbond substituents is 1. The lowest BCUT2D eigenvalue weighted by Gasteiger charge is -2.29. The van der Waals surface area contributed by atoms with E-state index < -0.39 is 0 Å². The Hall–Kier alpha value is -2.36. The molecule has 3 rings (SSSR count). The number of carbonyl (C=O) groups is 1. The Morgan fingerprint density at radius 2 is 2.00 bits per heavy atom. The topological polar surface area (TPSA) is 40.5 Å². The number of amides is 1. The van der Waals surface area contributed by atoms with Crippen molar-refractivity contribution in [1.82, 2.24) is 4.90 Å². The summed E-state index contributed by atoms with van der Waals surface area (Å²) in [5.74, 6) is -0.344. The zero-order valence-electron chi connectivity index (χ0n) is 11.8. The molecule has 0 saturated heterocycles. The molecule has 0 saturated carbocycles. The van der Waals surface area contributed by atoms with Crippen LogP contribution in [0.1, 0.15) is 27.0 Å². The quantitative estimate of drug-likeness (QED) is 0.875. The molecule has 1 amide bonds. The van der Waals surface area contributed by atoms with Crippen molar-refractivity contribution in [3.05, 3.63) is 64.5 Å². The van der Waals surface area contributed by atoms with Crippen LogP contribution in [-0.2, 0) is 13.0 Å². The molecule has 3 nitrogen and oxygen atoms in total. The molecule has 0 spiro atoms. The first-order valence-corrected chi connectivity index (χ1v) is 6.91. The van der Waals surface area contributed by atoms with Crippen molar-refractivity contribution in [2.24, 2.45) is 0 Å². The molecule has 0 aliphatic carbocycles. The molecule has 1 N–H and O–H groups in total. The predicted octanol–water partition coefficient (Wildman–Crippen LogP) is 3.04. The lowest BCUT2D eigenvalue weighted by atomic mass is 9.98. The summed E-state index contributed by atoms with van der Waals surface area (Å²) in [5, 5.41) is 9.54. The number of carbonyl (C=O) groups excluding carboxylic acids is 1. The Bertz CT molecular complexity index is 712. The standard InChI is InChI=1S/C17H16FNO2/c1-11-2-3-13(9-16(11)18)17(21)19-7-6-12-4-5-15(20)8-14(12)10-19/h2-5,8-9,20H,6-7,10H2,1H3. The zero-order valence-corrected chi connectivity index (χ0v) is 11.8. The maximum absolute atomic E-state index is 13.6. The summed E-state index contributed by atoms with van der Waals surface area (Å²) in [6, 6.07) is 9.79. The first-order chi connectivity index (χ1) is 10.0. The predicted molar refractivity (Wildman–Crippen MR) is 77.7 cm³/mol. The van der Waals surface area contributed by atoms with E-state index in [4.69, 9.17) is 0 Å². The normalized spacial score (nSPS) is 13.9. The largest absolute Gasteiger partial charge is 0.508 e. The second-order valence-corrected chi connectivity index (χ2v) is 5.39. The Labute approximate surface area is 122 Å². The van der Waals surface area contributed by atoms with Crippen LogP contribution in [0.2, 0.25) is 0 Å². The van der Waals surface area contributed by atoms with E-state index in [9.17, 15) is 14.3 Å². The molecule has 0 atom stereocenters. The molecular weight excluding hydrogens is 269 g/mol. The highest BCUT2D eigenvalue weighted by atomic mass is 19.1. The van der Waals surface area contributed by atoms with Gasteiger partial charge in [0.05, 0.1) is 0 Å². The van der Waals surface area contributed by atoms with Gasteiger partial charge in [0.25, 0.3) is 5.91 Å². The van der Waals surface area contributed by atoms with Crippen LogP contribution in [0, 0.1) is 12.7 Å². The van der Waals surface area contributed by atoms with Crippen molar-refractivity contribution in [3.8, 4) is 5.75 Å². The fraction of sp³-hybridized carbons (Fsp3) is 0.235. The van der Waals surface area contributed by atoms with E-state index in [1.807, 2.05) is 6.07 Å². The van der Waals surface area contributed by atoms with Crippen LogP contribution in [0.15, 0.2) is 36.4 Å². The first-order valence-electron chi connectivity index (χ1n) is 6.91. The summed E-state index contributed by atoms with van der Waals surface area (Å²) in [4.78, 5) is 14.1. The molecule has 4 heteroatoms. The molecule has 108 valence electrons. The number of aryl methyl sites for hydroxylation is 1. The van der Waals surface area contributed by atoms with Crippen molar-refractivity contribution in [2.45, 2.75) is 19.9 Å². The minimum Gasteiger partial charge on any atom is -0.508 e. The van der Waals surface area contributed by atoms with Crippen molar-refractivity contribution >= 4 is 5.91 Å². The van der Waals surface area contributed by atoms with Crippen LogP contribution in [0.25, 0.3) is 0 Å². The van der Waals surface area contributed by atoms with Crippen LogP contribution in [0.5, 0.6) is 5.75 Å². The van der Waals surface area contributed by atoms with Gasteiger partial charge in [0.2, 0.25) is 0 Å². The fourth-order valence-corrected chi connectivity index (χ4v) is 2.63. The average molecular weight is 285 g/mol. The van der Waals surface area contributed by atoms with Crippen LogP contribution in [0.4, 0.5) is 4.39 Å². The molecule has 2 aromatic rings. The number of hydrogen-bond donors (Lipinski definition) is 1. The number of phenols is 1. The summed E-state index contributed by atoms with van der Waals surface area (Å²) in [6.45, 7) is 2.72. The summed E-state index contributed by atoms with van der Waals surface area (Å²) < 4.78 is 13.6. The van der Waals surface area contributed by atoms with Crippen molar-refractivity contribution < 1.29 is 14.3 Å². The molecule has 0 radical (unpaired) electrons. The molecule has 0 unspecified atom stereocenters. The van der Waals surface area contributed by atoms with Crippen LogP contribution < -0.4 is 0 Å². The number of benzene rings is 2. The van der Waals surface area contributed by atoms with Gasteiger partial charge >= 0.3 is 0 Å². The van der Waals surface area contributed by atoms with Gasteiger partial charge in [0.15, 0.2) is 0 Å². The Morgan fingerprint density at radius 3 is 2.76 bits per heavy atom. The fourth-order valence-electron chi connectivity index (χ4n) is 2.63. The van der Waals surface area contributed by atoms with E-state index in [1.165, 1.54) is 6.07 Å². The number of nitrogens with zero attached hydrogens (tertiary/aromatic N) is 1. The third-order valence-corrected chi connectivity index (χ3v) is 3.91. The van der Waals surface area contributed by atoms with Crippen molar-refractivity contribution in [2.75, 3.05) is 6.54 Å². The second kappa shape index (κ2) is 5.20. The van der Waals surface area contributed by atoms with Gasteiger partial charge in [-0.1, -0.05) is 12.1 Å². The van der Waals surface area contributed by atoms with Gasteiger partial charge in [-0.15, -0.1) is 0 Å². The lowest BCUT2D eigenvalue weighted by Crippen LogP contribution is -2.36. The van der Waals surface area contributed by atoms with E-state index in [1.54, 1.807) is 36.1 Å². The SMILES string of the molecule is Cc1ccc(C(=O)N2CCc3ccc(O)cc3C2)cc1F. The summed E-state index contributed by atoms with van der Waals surface area (Å²) >= 11 is 0. The number of rotatable bonds is 1. The van der Waals surface area contributed by atoms with E-state index in [0.29, 0.717) is 24.2 Å². The highest BCUT2D eigenvalue weighted by molar-refractivity contribution is 5.94. The van der Waals surface area contributed by atoms with E-state index in [2.05, 4.69) is 0 Å². The van der Waals surface area contributed by atoms with Crippen LogP contribution in [-0.4, -0.2) is 22.5 Å². The second-order valence-electron chi connectivity index (χ2n) is 5.39. The Morgan fingerprint density at radius 1 is 1.19 bits per heavy atom. The van der Waals surface area contributed by atoms with E-state index in [0.717, 1.165) is 17.5 Å². The number of halogens is 1. The van der Waals surface area contributed by atoms with Crippen molar-refractivity contribution in [1.29, 1.82) is 0 Å². The van der Waals surface area contributed by atoms with Gasteiger partial charge < -0.3 is 10.0 Å².